The van der Waals surface area contributed by atoms with Crippen LogP contribution in [0, 0.1) is 70.0 Å². The van der Waals surface area contributed by atoms with Crippen LogP contribution in [0.25, 0.3) is 48.8 Å². The van der Waals surface area contributed by atoms with Crippen molar-refractivity contribution >= 4 is 68.0 Å². The fourth-order valence-corrected chi connectivity index (χ4v) is 23.9. The van der Waals surface area contributed by atoms with Crippen molar-refractivity contribution in [2.45, 2.75) is 342 Å². The largest absolute Gasteiger partial charge is 0.492 e. The van der Waals surface area contributed by atoms with Gasteiger partial charge in [-0.05, 0) is 148 Å². The van der Waals surface area contributed by atoms with Gasteiger partial charge in [0.2, 0.25) is 0 Å². The molecule has 6 unspecified atom stereocenters. The summed E-state index contributed by atoms with van der Waals surface area (Å²) in [7, 11) is 0. The fourth-order valence-electron chi connectivity index (χ4n) is 16.5. The molecule has 10 rings (SSSR count). The molecule has 0 amide bonds. The summed E-state index contributed by atoms with van der Waals surface area (Å²) in [4.78, 5) is 14.8. The molecule has 0 radical (unpaired) electrons. The molecule has 606 valence electrons. The van der Waals surface area contributed by atoms with Gasteiger partial charge in [-0.1, -0.05) is 254 Å². The summed E-state index contributed by atoms with van der Waals surface area (Å²) < 4.78 is 56.8. The van der Waals surface area contributed by atoms with E-state index in [1.807, 2.05) is 45.3 Å². The first-order chi connectivity index (χ1) is 51.6. The first-order valence-corrected chi connectivity index (χ1v) is 48.5. The zero-order valence-corrected chi connectivity index (χ0v) is 76.0. The minimum atomic E-state index is -0.508. The van der Waals surface area contributed by atoms with Gasteiger partial charge in [0.25, 0.3) is 0 Å². The molecule has 0 aliphatic carbocycles. The van der Waals surface area contributed by atoms with E-state index in [1.165, 1.54) is 166 Å². The summed E-state index contributed by atoms with van der Waals surface area (Å²) >= 11 is 11.5. The second-order valence-electron chi connectivity index (χ2n) is 37.8. The lowest BCUT2D eigenvalue weighted by molar-refractivity contribution is -0.224. The lowest BCUT2D eigenvalue weighted by atomic mass is 9.78. The van der Waals surface area contributed by atoms with Crippen molar-refractivity contribution in [1.82, 2.24) is 0 Å². The van der Waals surface area contributed by atoms with Crippen LogP contribution >= 0.6 is 68.0 Å². The molecule has 4 aliphatic heterocycles. The van der Waals surface area contributed by atoms with Gasteiger partial charge in [-0.2, -0.15) is 0 Å². The van der Waals surface area contributed by atoms with Crippen molar-refractivity contribution in [1.29, 1.82) is 0 Å². The Morgan fingerprint density at radius 3 is 0.963 bits per heavy atom. The molecule has 2 saturated heterocycles. The molecular weight excluding hydrogens is 1450 g/mol. The molecule has 10 heterocycles. The maximum Gasteiger partial charge on any atom is 0.193 e. The Morgan fingerprint density at radius 2 is 0.667 bits per heavy atom. The average molecular weight is 1600 g/mol. The smallest absolute Gasteiger partial charge is 0.193 e. The molecule has 14 heteroatoms. The molecule has 2 fully saturated rings. The molecule has 0 N–H and O–H groups in total. The minimum Gasteiger partial charge on any atom is -0.492 e. The highest BCUT2D eigenvalue weighted by molar-refractivity contribution is 7.31. The van der Waals surface area contributed by atoms with Crippen LogP contribution in [-0.2, 0) is 30.1 Å². The van der Waals surface area contributed by atoms with E-state index in [4.69, 9.17) is 37.9 Å². The average Bonchev–Trinajstić information content (AvgIpc) is 1.56. The van der Waals surface area contributed by atoms with Crippen LogP contribution in [0.5, 0.6) is 23.0 Å². The number of ether oxygens (including phenoxy) is 8. The number of fused-ring (bicyclic) bond motifs is 6. The van der Waals surface area contributed by atoms with Gasteiger partial charge in [-0.25, -0.2) is 0 Å². The normalized spacial score (nSPS) is 20.3. The van der Waals surface area contributed by atoms with Crippen molar-refractivity contribution in [3.05, 3.63) is 57.3 Å². The number of rotatable bonds is 47. The molecule has 0 aromatic carbocycles. The van der Waals surface area contributed by atoms with Crippen molar-refractivity contribution in [2.75, 3.05) is 39.6 Å². The SMILES string of the molecule is CCCCC(CC)COc1cc(C2OCC(C)(C)CO2)sc1-c1cc2c(s1)-c1sc(-c3cc4c(s3)-c3sc(-c5sc(C6OCC(C)(C)CO6)cc5OCC(CC)CCCC)cc3OC4(CCC(C)CCCC(C)C)CCC(C)CCCC(C)C)cc1C(CCC(C)CCCC(C)C)(CCC(C)CCCC(C)C)O2. The van der Waals surface area contributed by atoms with E-state index < -0.39 is 23.8 Å². The first kappa shape index (κ1) is 87.6. The lowest BCUT2D eigenvalue weighted by Crippen LogP contribution is -2.36. The summed E-state index contributed by atoms with van der Waals surface area (Å²) in [6.45, 7) is 51.3. The van der Waals surface area contributed by atoms with Crippen LogP contribution in [0.2, 0.25) is 0 Å². The quantitative estimate of drug-likeness (QED) is 0.0374. The topological polar surface area (TPSA) is 73.8 Å². The highest BCUT2D eigenvalue weighted by Crippen LogP contribution is 2.64. The predicted octanol–water partition coefficient (Wildman–Crippen LogP) is 31.9. The third-order valence-corrected chi connectivity index (χ3v) is 31.7. The Hall–Kier alpha value is -2.76. The van der Waals surface area contributed by atoms with Crippen LogP contribution in [0.3, 0.4) is 0 Å². The van der Waals surface area contributed by atoms with E-state index in [9.17, 15) is 0 Å². The number of thiophene rings is 6. The predicted molar refractivity (Wildman–Crippen MR) is 468 cm³/mol. The maximum atomic E-state index is 8.13. The summed E-state index contributed by atoms with van der Waals surface area (Å²) in [5.41, 5.74) is 1.70. The third kappa shape index (κ3) is 23.7. The molecule has 6 aromatic heterocycles. The monoisotopic (exact) mass is 1590 g/mol. The molecule has 108 heavy (non-hydrogen) atoms. The van der Waals surface area contributed by atoms with Crippen LogP contribution in [-0.4, -0.2) is 39.6 Å². The van der Waals surface area contributed by atoms with E-state index >= 15 is 0 Å². The Labute approximate surface area is 681 Å². The van der Waals surface area contributed by atoms with E-state index in [2.05, 4.69) is 175 Å². The van der Waals surface area contributed by atoms with Gasteiger partial charge in [0.1, 0.15) is 34.2 Å². The summed E-state index contributed by atoms with van der Waals surface area (Å²) in [5, 5.41) is 0. The lowest BCUT2D eigenvalue weighted by Gasteiger charge is -2.39. The summed E-state index contributed by atoms with van der Waals surface area (Å²) in [5.74, 6) is 10.1. The standard InChI is InChI=1S/C94H146O8S6/c1-21-25-39-69(23-3)55-95-73-51-81(89-97-57-91(17,18)58-98-89)107-85(73)79-53-75-87(105-79)83-71(93(101-75,45-41-65(13)35-27-31-61(5)6)46-42-66(14)36-28-32-62(7)8)49-77(103-83)78-50-72-84(104-78)88-76(102-94(72,47-43-67(15)37-29-33-63(9)10)48-44-68(16)38-30-34-64(11)12)54-80(106-88)86-74(96-56-70(24-4)40-26-22-2)52-82(108-86)90-99-59-92(19,20)60-100-90/h49-54,61-70,89-90H,21-48,55-60H2,1-20H3. The second-order valence-corrected chi connectivity index (χ2v) is 44.1. The highest BCUT2D eigenvalue weighted by Gasteiger charge is 2.47. The van der Waals surface area contributed by atoms with Crippen LogP contribution in [0.4, 0.5) is 0 Å². The van der Waals surface area contributed by atoms with E-state index in [0.717, 1.165) is 107 Å². The second kappa shape index (κ2) is 40.7. The molecule has 0 saturated carbocycles. The van der Waals surface area contributed by atoms with Gasteiger partial charge >= 0.3 is 0 Å². The van der Waals surface area contributed by atoms with Crippen LogP contribution < -0.4 is 18.9 Å². The van der Waals surface area contributed by atoms with Gasteiger partial charge in [-0.3, -0.25) is 0 Å². The van der Waals surface area contributed by atoms with Gasteiger partial charge in [0.05, 0.1) is 88.4 Å². The molecule has 8 nitrogen and oxygen atoms in total. The zero-order chi connectivity index (χ0) is 77.5. The Bertz CT molecular complexity index is 3350. The minimum absolute atomic E-state index is 0.0402. The zero-order valence-electron chi connectivity index (χ0n) is 71.1. The van der Waals surface area contributed by atoms with Crippen LogP contribution in [0.15, 0.2) is 36.4 Å². The molecule has 0 bridgehead atoms. The third-order valence-electron chi connectivity index (χ3n) is 24.1. The molecular formula is C94H146O8S6. The van der Waals surface area contributed by atoms with E-state index in [-0.39, 0.29) is 10.8 Å². The molecule has 6 aromatic rings. The van der Waals surface area contributed by atoms with Crippen molar-refractivity contribution < 1.29 is 37.9 Å². The summed E-state index contributed by atoms with van der Waals surface area (Å²) in [6.07, 6.45) is 32.1. The molecule has 4 aliphatic rings. The summed E-state index contributed by atoms with van der Waals surface area (Å²) in [6, 6.07) is 14.7. The number of unbranched alkanes of at least 4 members (excludes halogenated alkanes) is 2. The Kier molecular flexibility index (Phi) is 33.0. The van der Waals surface area contributed by atoms with Gasteiger partial charge in [-0.15, -0.1) is 68.0 Å². The Balaban J connectivity index is 1.15. The van der Waals surface area contributed by atoms with Crippen molar-refractivity contribution in [2.24, 2.45) is 70.0 Å². The van der Waals surface area contributed by atoms with Gasteiger partial charge in [0.15, 0.2) is 12.6 Å². The Morgan fingerprint density at radius 1 is 0.352 bits per heavy atom. The van der Waals surface area contributed by atoms with E-state index in [1.54, 1.807) is 22.7 Å². The maximum absolute atomic E-state index is 8.13. The fraction of sp³-hybridized carbons (Fsp3) is 0.745. The first-order valence-electron chi connectivity index (χ1n) is 43.6. The van der Waals surface area contributed by atoms with E-state index in [0.29, 0.717) is 98.8 Å². The van der Waals surface area contributed by atoms with Crippen molar-refractivity contribution in [3.63, 3.8) is 0 Å². The molecule has 0 spiro atoms. The van der Waals surface area contributed by atoms with Crippen LogP contribution in [0.1, 0.15) is 352 Å². The number of hydrogen-bond donors (Lipinski definition) is 0. The van der Waals surface area contributed by atoms with Gasteiger partial charge in [0, 0.05) is 43.8 Å². The number of hydrogen-bond acceptors (Lipinski definition) is 14. The highest BCUT2D eigenvalue weighted by atomic mass is 32.1. The van der Waals surface area contributed by atoms with Gasteiger partial charge < -0.3 is 37.9 Å². The molecule has 6 atom stereocenters. The van der Waals surface area contributed by atoms with Crippen molar-refractivity contribution in [3.8, 4) is 71.8 Å².